The van der Waals surface area contributed by atoms with Crippen molar-refractivity contribution < 1.29 is 29.9 Å². The van der Waals surface area contributed by atoms with Crippen LogP contribution in [0.4, 0.5) is 25.2 Å². The Labute approximate surface area is 167 Å². The van der Waals surface area contributed by atoms with Gasteiger partial charge in [0, 0.05) is 23.3 Å². The Balaban J connectivity index is 0.000000345. The Morgan fingerprint density at radius 2 is 1.07 bits per heavy atom. The van der Waals surface area contributed by atoms with Crippen molar-refractivity contribution in [1.29, 1.82) is 0 Å². The number of benzene rings is 1. The molecule has 1 aromatic carbocycles. The molecular formula is C19H29F6OPS. The molecule has 2 aliphatic rings. The molecule has 0 unspecified atom stereocenters. The molecular weight excluding hydrogens is 421 g/mol. The third kappa shape index (κ3) is 8.81. The second-order valence-corrected chi connectivity index (χ2v) is 10.3. The molecule has 28 heavy (non-hydrogen) atoms. The predicted octanol–water partition coefficient (Wildman–Crippen LogP) is 8.54. The molecule has 9 heteroatoms. The fourth-order valence-corrected chi connectivity index (χ4v) is 4.65. The van der Waals surface area contributed by atoms with Gasteiger partial charge in [0.2, 0.25) is 0 Å². The van der Waals surface area contributed by atoms with Crippen LogP contribution in [0, 0.1) is 0 Å². The van der Waals surface area contributed by atoms with Crippen LogP contribution in [0.3, 0.4) is 0 Å². The molecule has 0 aromatic heterocycles. The molecule has 2 aliphatic carbocycles. The second kappa shape index (κ2) is 8.25. The molecule has 0 amide bonds. The molecule has 0 aliphatic heterocycles. The molecule has 164 valence electrons. The SMILES string of the molecule is COc1c(C2CCCCC2)cc([SH2+])cc1C1CCCCC1.F[P-](F)(F)(F)(F)F. The summed E-state index contributed by atoms with van der Waals surface area (Å²) >= 11 is 3.81. The summed E-state index contributed by atoms with van der Waals surface area (Å²) in [5, 5.41) is 0. The van der Waals surface area contributed by atoms with Crippen LogP contribution in [0.5, 0.6) is 5.75 Å². The molecule has 0 radical (unpaired) electrons. The van der Waals surface area contributed by atoms with Crippen LogP contribution in [0.15, 0.2) is 17.0 Å². The third-order valence-electron chi connectivity index (χ3n) is 5.44. The quantitative estimate of drug-likeness (QED) is 0.255. The zero-order valence-electron chi connectivity index (χ0n) is 16.0. The van der Waals surface area contributed by atoms with Crippen LogP contribution >= 0.6 is 7.81 Å². The van der Waals surface area contributed by atoms with Crippen molar-refractivity contribution >= 4 is 20.4 Å². The second-order valence-electron chi connectivity index (χ2n) is 7.82. The van der Waals surface area contributed by atoms with Gasteiger partial charge in [-0.1, -0.05) is 38.5 Å². The molecule has 0 atom stereocenters. The molecule has 1 aromatic rings. The minimum absolute atomic E-state index is 0.701. The van der Waals surface area contributed by atoms with Crippen LogP contribution in [-0.4, -0.2) is 7.11 Å². The van der Waals surface area contributed by atoms with Crippen molar-refractivity contribution in [2.24, 2.45) is 0 Å². The Hall–Kier alpha value is -0.620. The molecule has 0 spiro atoms. The Morgan fingerprint density at radius 3 is 1.36 bits per heavy atom. The van der Waals surface area contributed by atoms with E-state index in [1.165, 1.54) is 86.0 Å². The normalized spacial score (nSPS) is 21.9. The maximum atomic E-state index is 9.87. The first kappa shape index (κ1) is 23.7. The Kier molecular flexibility index (Phi) is 6.97. The maximum absolute atomic E-state index is 10.7. The van der Waals surface area contributed by atoms with E-state index < -0.39 is 7.81 Å². The van der Waals surface area contributed by atoms with Gasteiger partial charge in [0.05, 0.1) is 7.11 Å². The van der Waals surface area contributed by atoms with Crippen molar-refractivity contribution in [3.63, 3.8) is 0 Å². The number of rotatable bonds is 3. The Morgan fingerprint density at radius 1 is 0.750 bits per heavy atom. The van der Waals surface area contributed by atoms with Gasteiger partial charge in [0.1, 0.15) is 5.75 Å². The summed E-state index contributed by atoms with van der Waals surface area (Å²) in [4.78, 5) is 1.23. The van der Waals surface area contributed by atoms with Gasteiger partial charge in [0.15, 0.2) is 4.90 Å². The molecule has 3 rings (SSSR count). The molecule has 2 fully saturated rings. The summed E-state index contributed by atoms with van der Waals surface area (Å²) < 4.78 is 65.1. The average molecular weight is 450 g/mol. The van der Waals surface area contributed by atoms with Crippen molar-refractivity contribution in [3.05, 3.63) is 23.3 Å². The zero-order valence-corrected chi connectivity index (χ0v) is 17.9. The van der Waals surface area contributed by atoms with Crippen LogP contribution in [-0.2, 0) is 12.6 Å². The number of ether oxygens (including phenoxy) is 1. The first-order chi connectivity index (χ1) is 12.7. The van der Waals surface area contributed by atoms with Crippen molar-refractivity contribution in [2.45, 2.75) is 80.9 Å². The molecule has 0 saturated heterocycles. The van der Waals surface area contributed by atoms with E-state index >= 15 is 0 Å². The number of methoxy groups -OCH3 is 1. The van der Waals surface area contributed by atoms with E-state index in [2.05, 4.69) is 24.8 Å². The van der Waals surface area contributed by atoms with Crippen LogP contribution < -0.4 is 4.74 Å². The predicted molar refractivity (Wildman–Crippen MR) is 107 cm³/mol. The molecule has 0 bridgehead atoms. The number of halogens is 6. The van der Waals surface area contributed by atoms with Crippen LogP contribution in [0.1, 0.15) is 87.2 Å². The van der Waals surface area contributed by atoms with Crippen molar-refractivity contribution in [2.75, 3.05) is 7.11 Å². The average Bonchev–Trinajstić information content (AvgIpc) is 2.60. The van der Waals surface area contributed by atoms with Gasteiger partial charge >= 0.3 is 33.0 Å². The summed E-state index contributed by atoms with van der Waals surface area (Å²) in [5.74, 6) is 2.61. The Bertz CT molecular complexity index is 614. The zero-order chi connectivity index (χ0) is 21.1. The fourth-order valence-electron chi connectivity index (χ4n) is 4.34. The van der Waals surface area contributed by atoms with Crippen LogP contribution in [0.25, 0.3) is 0 Å². The standard InChI is InChI=1S/C19H28OS.F6P/c1-20-19-17(14-8-4-2-5-9-14)12-16(21)13-18(19)15-10-6-3-7-11-15;1-7(2,3,4,5)6/h12-15,21H,2-11H2,1H3;/q;-1/p+1. The fraction of sp³-hybridized carbons (Fsp3) is 0.684. The van der Waals surface area contributed by atoms with E-state index in [1.54, 1.807) is 0 Å². The van der Waals surface area contributed by atoms with E-state index in [0.29, 0.717) is 11.8 Å². The van der Waals surface area contributed by atoms with Crippen LogP contribution in [0.2, 0.25) is 0 Å². The third-order valence-corrected chi connectivity index (χ3v) is 5.73. The summed E-state index contributed by atoms with van der Waals surface area (Å²) in [6.45, 7) is 0. The van der Waals surface area contributed by atoms with Gasteiger partial charge in [-0.05, 0) is 50.1 Å². The topological polar surface area (TPSA) is 9.23 Å². The molecule has 2 saturated carbocycles. The summed E-state index contributed by atoms with van der Waals surface area (Å²) in [6, 6.07) is 4.63. The molecule has 1 nitrogen and oxygen atoms in total. The van der Waals surface area contributed by atoms with Gasteiger partial charge < -0.3 is 4.74 Å². The minimum atomic E-state index is -10.7. The monoisotopic (exact) mass is 450 g/mol. The number of hydrogen-bond acceptors (Lipinski definition) is 1. The van der Waals surface area contributed by atoms with E-state index in [-0.39, 0.29) is 0 Å². The molecule has 0 N–H and O–H groups in total. The molecule has 0 heterocycles. The van der Waals surface area contributed by atoms with Crippen molar-refractivity contribution in [3.8, 4) is 5.75 Å². The van der Waals surface area contributed by atoms with Gasteiger partial charge in [-0.25, -0.2) is 0 Å². The van der Waals surface area contributed by atoms with E-state index in [4.69, 9.17) is 4.74 Å². The van der Waals surface area contributed by atoms with E-state index in [0.717, 1.165) is 0 Å². The number of hydrogen-bond donors (Lipinski definition) is 0. The summed E-state index contributed by atoms with van der Waals surface area (Å²) in [6.07, 6.45) is 13.6. The van der Waals surface area contributed by atoms with Gasteiger partial charge in [-0.15, -0.1) is 0 Å². The van der Waals surface area contributed by atoms with Gasteiger partial charge in [-0.2, -0.15) is 0 Å². The van der Waals surface area contributed by atoms with Gasteiger partial charge in [0.25, 0.3) is 0 Å². The van der Waals surface area contributed by atoms with E-state index in [1.807, 2.05) is 7.11 Å². The first-order valence-electron chi connectivity index (χ1n) is 9.74. The summed E-state index contributed by atoms with van der Waals surface area (Å²) in [5.41, 5.74) is 2.93. The summed E-state index contributed by atoms with van der Waals surface area (Å²) in [7, 11) is -8.79. The van der Waals surface area contributed by atoms with Crippen molar-refractivity contribution in [1.82, 2.24) is 0 Å². The van der Waals surface area contributed by atoms with Gasteiger partial charge in [-0.3, -0.25) is 0 Å². The first-order valence-corrected chi connectivity index (χ1v) is 12.3. The van der Waals surface area contributed by atoms with E-state index in [9.17, 15) is 25.2 Å².